The highest BCUT2D eigenvalue weighted by molar-refractivity contribution is 6.48. The van der Waals surface area contributed by atoms with Crippen molar-refractivity contribution in [2.75, 3.05) is 13.1 Å². The highest BCUT2D eigenvalue weighted by Crippen LogP contribution is 2.28. The predicted molar refractivity (Wildman–Crippen MR) is 162 cm³/mol. The second kappa shape index (κ2) is 14.1. The third-order valence-corrected chi connectivity index (χ3v) is 7.47. The molecule has 0 amide bonds. The van der Waals surface area contributed by atoms with E-state index in [1.54, 1.807) is 42.5 Å². The van der Waals surface area contributed by atoms with Crippen molar-refractivity contribution in [2.45, 2.75) is 79.2 Å². The van der Waals surface area contributed by atoms with Crippen LogP contribution in [0.1, 0.15) is 105 Å². The van der Waals surface area contributed by atoms with Gasteiger partial charge in [-0.1, -0.05) is 63.4 Å². The number of ketones is 2. The molecule has 3 rings (SSSR count). The zero-order valence-electron chi connectivity index (χ0n) is 25.0. The quantitative estimate of drug-likeness (QED) is 0.0716. The fourth-order valence-corrected chi connectivity index (χ4v) is 5.15. The van der Waals surface area contributed by atoms with Gasteiger partial charge in [0, 0.05) is 29.6 Å². The number of hydrogen-bond acceptors (Lipinski definition) is 7. The molecular formula is C33H41N3O5. The molecule has 0 fully saturated rings. The molecule has 2 aromatic carbocycles. The van der Waals surface area contributed by atoms with E-state index in [4.69, 9.17) is 4.84 Å². The van der Waals surface area contributed by atoms with E-state index in [0.29, 0.717) is 48.0 Å². The molecule has 0 saturated heterocycles. The summed E-state index contributed by atoms with van der Waals surface area (Å²) >= 11 is 0. The van der Waals surface area contributed by atoms with Gasteiger partial charge in [-0.3, -0.25) is 23.9 Å². The Bertz CT molecular complexity index is 1430. The Morgan fingerprint density at radius 2 is 1.59 bits per heavy atom. The Morgan fingerprint density at radius 3 is 2.20 bits per heavy atom. The van der Waals surface area contributed by atoms with Crippen LogP contribution in [-0.4, -0.2) is 57.3 Å². The molecule has 0 saturated carbocycles. The summed E-state index contributed by atoms with van der Waals surface area (Å²) in [6.07, 6.45) is 5.45. The standard InChI is InChI=1S/C33H41N3O5/c1-7-10-11-15-18-28(34-41-23(4)37)30(38)27-22-36(32(40)24-16-13-12-14-17-24)29-20-19-25(21-26(27)29)31(39)33(5,6)35(8-2)9-3/h12-14,16-17,19-22H,7-11,15,18H2,1-6H3/b34-28+. The summed E-state index contributed by atoms with van der Waals surface area (Å²) in [7, 11) is 0. The van der Waals surface area contributed by atoms with Gasteiger partial charge in [0.2, 0.25) is 5.78 Å². The van der Waals surface area contributed by atoms with Crippen molar-refractivity contribution < 1.29 is 24.0 Å². The number of aromatic nitrogens is 1. The lowest BCUT2D eigenvalue weighted by Gasteiger charge is -2.35. The molecule has 1 heterocycles. The van der Waals surface area contributed by atoms with Crippen LogP contribution < -0.4 is 0 Å². The first-order chi connectivity index (χ1) is 19.6. The maximum atomic E-state index is 13.9. The maximum absolute atomic E-state index is 13.9. The zero-order valence-corrected chi connectivity index (χ0v) is 25.0. The first-order valence-corrected chi connectivity index (χ1v) is 14.4. The topological polar surface area (TPSA) is 98.0 Å². The third-order valence-electron chi connectivity index (χ3n) is 7.47. The van der Waals surface area contributed by atoms with Gasteiger partial charge in [0.25, 0.3) is 5.91 Å². The van der Waals surface area contributed by atoms with Crippen LogP contribution in [0.15, 0.2) is 59.9 Å². The van der Waals surface area contributed by atoms with E-state index >= 15 is 0 Å². The highest BCUT2D eigenvalue weighted by Gasteiger charge is 2.34. The molecule has 0 aliphatic heterocycles. The maximum Gasteiger partial charge on any atom is 0.331 e. The molecule has 0 radical (unpaired) electrons. The molecule has 3 aromatic rings. The van der Waals surface area contributed by atoms with Crippen LogP contribution in [0.4, 0.5) is 0 Å². The molecule has 8 heteroatoms. The minimum atomic E-state index is -0.773. The number of hydrogen-bond donors (Lipinski definition) is 0. The summed E-state index contributed by atoms with van der Waals surface area (Å²) in [4.78, 5) is 59.7. The van der Waals surface area contributed by atoms with E-state index in [9.17, 15) is 19.2 Å². The first-order valence-electron chi connectivity index (χ1n) is 14.4. The fourth-order valence-electron chi connectivity index (χ4n) is 5.15. The summed E-state index contributed by atoms with van der Waals surface area (Å²) in [5, 5.41) is 4.37. The van der Waals surface area contributed by atoms with Crippen molar-refractivity contribution in [3.05, 3.63) is 71.4 Å². The highest BCUT2D eigenvalue weighted by atomic mass is 16.7. The Morgan fingerprint density at radius 1 is 0.902 bits per heavy atom. The summed E-state index contributed by atoms with van der Waals surface area (Å²) < 4.78 is 1.43. The van der Waals surface area contributed by atoms with E-state index in [1.807, 2.05) is 33.8 Å². The van der Waals surface area contributed by atoms with Crippen molar-refractivity contribution in [3.8, 4) is 0 Å². The minimum Gasteiger partial charge on any atom is -0.318 e. The van der Waals surface area contributed by atoms with E-state index in [0.717, 1.165) is 19.3 Å². The molecule has 0 bridgehead atoms. The number of rotatable bonds is 14. The van der Waals surface area contributed by atoms with Crippen LogP contribution in [0.3, 0.4) is 0 Å². The van der Waals surface area contributed by atoms with Crippen molar-refractivity contribution in [1.29, 1.82) is 0 Å². The number of benzene rings is 2. The molecule has 218 valence electrons. The Labute approximate surface area is 242 Å². The van der Waals surface area contributed by atoms with Crippen LogP contribution in [0, 0.1) is 0 Å². The summed E-state index contributed by atoms with van der Waals surface area (Å²) in [6, 6.07) is 13.9. The summed E-state index contributed by atoms with van der Waals surface area (Å²) in [5.74, 6) is -1.47. The summed E-state index contributed by atoms with van der Waals surface area (Å²) in [5.41, 5.74) is 0.945. The van der Waals surface area contributed by atoms with Gasteiger partial charge in [0.15, 0.2) is 5.78 Å². The molecule has 0 unspecified atom stereocenters. The van der Waals surface area contributed by atoms with Gasteiger partial charge in [0.1, 0.15) is 5.71 Å². The predicted octanol–water partition coefficient (Wildman–Crippen LogP) is 6.71. The number of Topliss-reactive ketones (excluding diaryl/α,β-unsaturated/α-hetero) is 2. The fraction of sp³-hybridized carbons (Fsp3) is 0.424. The SMILES string of the molecule is CCCCCC/C(=N\OC(C)=O)C(=O)c1cn(C(=O)c2ccccc2)c2ccc(C(=O)C(C)(C)N(CC)CC)cc12. The molecular weight excluding hydrogens is 518 g/mol. The lowest BCUT2D eigenvalue weighted by molar-refractivity contribution is -0.140. The van der Waals surface area contributed by atoms with E-state index in [-0.39, 0.29) is 23.0 Å². The van der Waals surface area contributed by atoms with Crippen molar-refractivity contribution >= 4 is 40.1 Å². The normalized spacial score (nSPS) is 12.1. The number of nitrogens with zero attached hydrogens (tertiary/aromatic N) is 3. The largest absolute Gasteiger partial charge is 0.331 e. The van der Waals surface area contributed by atoms with Gasteiger partial charge in [-0.05, 0) is 70.1 Å². The van der Waals surface area contributed by atoms with E-state index in [2.05, 4.69) is 17.0 Å². The van der Waals surface area contributed by atoms with Crippen molar-refractivity contribution in [2.24, 2.45) is 5.16 Å². The number of carbonyl (C=O) groups excluding carboxylic acids is 4. The van der Waals surface area contributed by atoms with E-state index < -0.39 is 17.3 Å². The smallest absolute Gasteiger partial charge is 0.318 e. The monoisotopic (exact) mass is 559 g/mol. The van der Waals surface area contributed by atoms with Gasteiger partial charge in [-0.2, -0.15) is 0 Å². The van der Waals surface area contributed by atoms with Crippen molar-refractivity contribution in [1.82, 2.24) is 9.47 Å². The zero-order chi connectivity index (χ0) is 30.2. The Balaban J connectivity index is 2.18. The van der Waals surface area contributed by atoms with Crippen LogP contribution in [0.5, 0.6) is 0 Å². The molecule has 0 aliphatic rings. The Hall–Kier alpha value is -3.91. The molecule has 0 atom stereocenters. The molecule has 0 spiro atoms. The molecule has 0 N–H and O–H groups in total. The molecule has 1 aromatic heterocycles. The second-order valence-corrected chi connectivity index (χ2v) is 10.6. The molecule has 0 aliphatic carbocycles. The minimum absolute atomic E-state index is 0.0861. The number of oxime groups is 1. The average molecular weight is 560 g/mol. The average Bonchev–Trinajstić information content (AvgIpc) is 3.35. The van der Waals surface area contributed by atoms with Gasteiger partial charge in [0.05, 0.1) is 16.6 Å². The van der Waals surface area contributed by atoms with Gasteiger partial charge < -0.3 is 4.84 Å². The first kappa shape index (κ1) is 31.6. The third kappa shape index (κ3) is 7.24. The van der Waals surface area contributed by atoms with E-state index in [1.165, 1.54) is 17.7 Å². The molecule has 8 nitrogen and oxygen atoms in total. The number of unbranched alkanes of at least 4 members (excludes halogenated alkanes) is 3. The van der Waals surface area contributed by atoms with Crippen molar-refractivity contribution in [3.63, 3.8) is 0 Å². The number of carbonyl (C=O) groups is 4. The van der Waals surface area contributed by atoms with Gasteiger partial charge in [-0.15, -0.1) is 0 Å². The number of fused-ring (bicyclic) bond motifs is 1. The van der Waals surface area contributed by atoms with Crippen LogP contribution >= 0.6 is 0 Å². The lowest BCUT2D eigenvalue weighted by atomic mass is 9.90. The number of likely N-dealkylation sites (N-methyl/N-ethyl adjacent to an activating group) is 1. The van der Waals surface area contributed by atoms with Crippen LogP contribution in [-0.2, 0) is 9.63 Å². The van der Waals surface area contributed by atoms with Crippen LogP contribution in [0.2, 0.25) is 0 Å². The summed E-state index contributed by atoms with van der Waals surface area (Å²) in [6.45, 7) is 12.5. The van der Waals surface area contributed by atoms with Crippen LogP contribution in [0.25, 0.3) is 10.9 Å². The lowest BCUT2D eigenvalue weighted by Crippen LogP contribution is -2.49. The Kier molecular flexibility index (Phi) is 10.9. The molecule has 41 heavy (non-hydrogen) atoms. The van der Waals surface area contributed by atoms with Gasteiger partial charge in [-0.25, -0.2) is 4.79 Å². The second-order valence-electron chi connectivity index (χ2n) is 10.6. The van der Waals surface area contributed by atoms with Gasteiger partial charge >= 0.3 is 5.97 Å².